The molecule has 0 bridgehead atoms. The Bertz CT molecular complexity index is 54.9. The molecule has 0 radical (unpaired) electrons. The van der Waals surface area contributed by atoms with Crippen LogP contribution in [0.2, 0.25) is 0 Å². The molecule has 2 heteroatoms. The van der Waals surface area contributed by atoms with E-state index in [4.69, 9.17) is 9.84 Å². The fourth-order valence-electron chi connectivity index (χ4n) is 0.715. The molecule has 0 aromatic carbocycles. The molecule has 2 nitrogen and oxygen atoms in total. The van der Waals surface area contributed by atoms with Gasteiger partial charge < -0.3 is 9.84 Å². The van der Waals surface area contributed by atoms with Crippen molar-refractivity contribution in [3.63, 3.8) is 0 Å². The van der Waals surface area contributed by atoms with Gasteiger partial charge in [0.05, 0.1) is 12.7 Å². The molecule has 0 fully saturated rings. The third-order valence-corrected chi connectivity index (χ3v) is 1.25. The van der Waals surface area contributed by atoms with Gasteiger partial charge >= 0.3 is 0 Å². The first-order valence-corrected chi connectivity index (χ1v) is 3.48. The molecule has 0 aromatic heterocycles. The number of hydrogen-bond donors (Lipinski definition) is 1. The molecule has 0 rings (SSSR count). The minimum Gasteiger partial charge on any atom is -0.391 e. The summed E-state index contributed by atoms with van der Waals surface area (Å²) in [4.78, 5) is 0. The first kappa shape index (κ1) is 8.92. The molecule has 56 valence electrons. The van der Waals surface area contributed by atoms with Crippen LogP contribution in [0.5, 0.6) is 0 Å². The van der Waals surface area contributed by atoms with Gasteiger partial charge in [0.2, 0.25) is 0 Å². The molecule has 9 heavy (non-hydrogen) atoms. The molecule has 0 saturated carbocycles. The quantitative estimate of drug-likeness (QED) is 0.608. The van der Waals surface area contributed by atoms with Gasteiger partial charge in [0.15, 0.2) is 0 Å². The fraction of sp³-hybridized carbons (Fsp3) is 1.00. The van der Waals surface area contributed by atoms with E-state index in [0.717, 1.165) is 19.3 Å². The van der Waals surface area contributed by atoms with Gasteiger partial charge in [-0.2, -0.15) is 0 Å². The second kappa shape index (κ2) is 6.05. The van der Waals surface area contributed by atoms with Crippen LogP contribution in [0.25, 0.3) is 0 Å². The Labute approximate surface area is 56.8 Å². The Balaban J connectivity index is 2.95. The molecule has 1 N–H and O–H groups in total. The SMILES string of the molecule is CCCC[C@@H](O)COC. The monoisotopic (exact) mass is 132 g/mol. The van der Waals surface area contributed by atoms with Crippen LogP contribution < -0.4 is 0 Å². The average Bonchev–Trinajstić information content (AvgIpc) is 1.85. The molecule has 0 aliphatic rings. The zero-order chi connectivity index (χ0) is 7.11. The largest absolute Gasteiger partial charge is 0.391 e. The molecule has 0 amide bonds. The predicted octanol–water partition coefficient (Wildman–Crippen LogP) is 1.18. The lowest BCUT2D eigenvalue weighted by Crippen LogP contribution is -2.13. The summed E-state index contributed by atoms with van der Waals surface area (Å²) in [6, 6.07) is 0. The van der Waals surface area contributed by atoms with E-state index in [2.05, 4.69) is 6.92 Å². The van der Waals surface area contributed by atoms with Crippen LogP contribution in [0.15, 0.2) is 0 Å². The van der Waals surface area contributed by atoms with Crippen LogP contribution >= 0.6 is 0 Å². The van der Waals surface area contributed by atoms with Gasteiger partial charge in [-0.1, -0.05) is 19.8 Å². The Morgan fingerprint density at radius 3 is 2.67 bits per heavy atom. The number of hydrogen-bond acceptors (Lipinski definition) is 2. The summed E-state index contributed by atoms with van der Waals surface area (Å²) < 4.78 is 4.75. The summed E-state index contributed by atoms with van der Waals surface area (Å²) in [5.74, 6) is 0. The minimum absolute atomic E-state index is 0.255. The summed E-state index contributed by atoms with van der Waals surface area (Å²) in [6.07, 6.45) is 2.84. The van der Waals surface area contributed by atoms with Crippen molar-refractivity contribution < 1.29 is 9.84 Å². The minimum atomic E-state index is -0.255. The van der Waals surface area contributed by atoms with Crippen molar-refractivity contribution in [1.29, 1.82) is 0 Å². The van der Waals surface area contributed by atoms with Crippen molar-refractivity contribution >= 4 is 0 Å². The van der Waals surface area contributed by atoms with E-state index >= 15 is 0 Å². The van der Waals surface area contributed by atoms with E-state index in [-0.39, 0.29) is 6.10 Å². The van der Waals surface area contributed by atoms with Crippen LogP contribution in [0.3, 0.4) is 0 Å². The van der Waals surface area contributed by atoms with Gasteiger partial charge in [-0.05, 0) is 6.42 Å². The van der Waals surface area contributed by atoms with Crippen LogP contribution in [0.1, 0.15) is 26.2 Å². The van der Waals surface area contributed by atoms with E-state index in [0.29, 0.717) is 6.61 Å². The number of ether oxygens (including phenoxy) is 1. The van der Waals surface area contributed by atoms with Crippen molar-refractivity contribution in [3.8, 4) is 0 Å². The Kier molecular flexibility index (Phi) is 5.99. The highest BCUT2D eigenvalue weighted by molar-refractivity contribution is 4.51. The normalized spacial score (nSPS) is 13.7. The lowest BCUT2D eigenvalue weighted by molar-refractivity contribution is 0.0579. The topological polar surface area (TPSA) is 29.5 Å². The number of rotatable bonds is 5. The number of unbranched alkanes of at least 4 members (excludes halogenated alkanes) is 1. The standard InChI is InChI=1S/C7H16O2/c1-3-4-5-7(8)6-9-2/h7-8H,3-6H2,1-2H3/t7-/m1/s1. The van der Waals surface area contributed by atoms with E-state index < -0.39 is 0 Å². The molecular weight excluding hydrogens is 116 g/mol. The maximum absolute atomic E-state index is 9.06. The first-order valence-electron chi connectivity index (χ1n) is 3.48. The van der Waals surface area contributed by atoms with E-state index in [1.165, 1.54) is 0 Å². The molecule has 0 saturated heterocycles. The Hall–Kier alpha value is -0.0800. The van der Waals surface area contributed by atoms with Gasteiger partial charge in [0.1, 0.15) is 0 Å². The summed E-state index contributed by atoms with van der Waals surface area (Å²) in [6.45, 7) is 2.58. The third-order valence-electron chi connectivity index (χ3n) is 1.25. The smallest absolute Gasteiger partial charge is 0.0773 e. The highest BCUT2D eigenvalue weighted by Gasteiger charge is 1.99. The summed E-state index contributed by atoms with van der Waals surface area (Å²) >= 11 is 0. The van der Waals surface area contributed by atoms with Gasteiger partial charge in [-0.25, -0.2) is 0 Å². The second-order valence-corrected chi connectivity index (χ2v) is 2.25. The van der Waals surface area contributed by atoms with Crippen molar-refractivity contribution in [2.24, 2.45) is 0 Å². The lowest BCUT2D eigenvalue weighted by Gasteiger charge is -2.06. The van der Waals surface area contributed by atoms with Crippen molar-refractivity contribution in [1.82, 2.24) is 0 Å². The number of aliphatic hydroxyl groups is 1. The highest BCUT2D eigenvalue weighted by Crippen LogP contribution is 1.99. The average molecular weight is 132 g/mol. The van der Waals surface area contributed by atoms with Crippen LogP contribution in [0.4, 0.5) is 0 Å². The summed E-state index contributed by atoms with van der Waals surface area (Å²) in [5.41, 5.74) is 0. The van der Waals surface area contributed by atoms with Gasteiger partial charge in [-0.15, -0.1) is 0 Å². The molecule has 0 spiro atoms. The molecule has 0 unspecified atom stereocenters. The molecule has 0 aliphatic carbocycles. The van der Waals surface area contributed by atoms with E-state index in [1.54, 1.807) is 7.11 Å². The van der Waals surface area contributed by atoms with Crippen molar-refractivity contribution in [3.05, 3.63) is 0 Å². The zero-order valence-corrected chi connectivity index (χ0v) is 6.26. The molecule has 0 aromatic rings. The van der Waals surface area contributed by atoms with E-state index in [1.807, 2.05) is 0 Å². The lowest BCUT2D eigenvalue weighted by atomic mass is 10.2. The van der Waals surface area contributed by atoms with Crippen LogP contribution in [0, 0.1) is 0 Å². The van der Waals surface area contributed by atoms with Crippen LogP contribution in [-0.4, -0.2) is 24.9 Å². The summed E-state index contributed by atoms with van der Waals surface area (Å²) in [7, 11) is 1.61. The first-order chi connectivity index (χ1) is 4.31. The summed E-state index contributed by atoms with van der Waals surface area (Å²) in [5, 5.41) is 9.06. The molecule has 0 aliphatic heterocycles. The van der Waals surface area contributed by atoms with Crippen molar-refractivity contribution in [2.45, 2.75) is 32.3 Å². The second-order valence-electron chi connectivity index (χ2n) is 2.25. The van der Waals surface area contributed by atoms with Gasteiger partial charge in [0, 0.05) is 7.11 Å². The molecule has 0 heterocycles. The zero-order valence-electron chi connectivity index (χ0n) is 6.26. The maximum Gasteiger partial charge on any atom is 0.0773 e. The number of methoxy groups -OCH3 is 1. The Morgan fingerprint density at radius 2 is 2.22 bits per heavy atom. The Morgan fingerprint density at radius 1 is 1.56 bits per heavy atom. The highest BCUT2D eigenvalue weighted by atomic mass is 16.5. The van der Waals surface area contributed by atoms with Crippen LogP contribution in [-0.2, 0) is 4.74 Å². The van der Waals surface area contributed by atoms with Gasteiger partial charge in [-0.3, -0.25) is 0 Å². The fourth-order valence-corrected chi connectivity index (χ4v) is 0.715. The molecular formula is C7H16O2. The third kappa shape index (κ3) is 5.80. The van der Waals surface area contributed by atoms with Gasteiger partial charge in [0.25, 0.3) is 0 Å². The number of aliphatic hydroxyl groups excluding tert-OH is 1. The maximum atomic E-state index is 9.06. The molecule has 1 atom stereocenters. The van der Waals surface area contributed by atoms with E-state index in [9.17, 15) is 0 Å². The van der Waals surface area contributed by atoms with Crippen molar-refractivity contribution in [2.75, 3.05) is 13.7 Å². The predicted molar refractivity (Wildman–Crippen MR) is 37.4 cm³/mol.